The third kappa shape index (κ3) is 3.60. The number of anilines is 1. The van der Waals surface area contributed by atoms with Crippen LogP contribution in [0.4, 0.5) is 6.01 Å². The molecule has 0 fully saturated rings. The number of benzene rings is 2. The van der Waals surface area contributed by atoms with E-state index < -0.39 is 0 Å². The van der Waals surface area contributed by atoms with Gasteiger partial charge in [0.15, 0.2) is 5.58 Å². The van der Waals surface area contributed by atoms with E-state index in [0.717, 1.165) is 11.9 Å². The van der Waals surface area contributed by atoms with Gasteiger partial charge in [0.1, 0.15) is 17.0 Å². The number of ether oxygens (including phenoxy) is 1. The van der Waals surface area contributed by atoms with Crippen molar-refractivity contribution in [3.05, 3.63) is 48.0 Å². The molecule has 6 heteroatoms. The molecule has 0 radical (unpaired) electrons. The molecular formula is C17H17N3O3. The van der Waals surface area contributed by atoms with Crippen LogP contribution < -0.4 is 10.2 Å². The first-order valence-electron chi connectivity index (χ1n) is 7.36. The van der Waals surface area contributed by atoms with E-state index in [1.807, 2.05) is 31.2 Å². The maximum absolute atomic E-state index is 9.96. The summed E-state index contributed by atoms with van der Waals surface area (Å²) in [6.45, 7) is 2.64. The fourth-order valence-electron chi connectivity index (χ4n) is 2.02. The molecule has 0 aliphatic heterocycles. The Hall–Kier alpha value is -3.02. The quantitative estimate of drug-likeness (QED) is 0.535. The van der Waals surface area contributed by atoms with E-state index in [1.165, 1.54) is 6.21 Å². The van der Waals surface area contributed by atoms with Gasteiger partial charge in [-0.15, -0.1) is 0 Å². The lowest BCUT2D eigenvalue weighted by Gasteiger charge is -2.06. The van der Waals surface area contributed by atoms with Crippen molar-refractivity contribution in [1.29, 1.82) is 0 Å². The molecular weight excluding hydrogens is 294 g/mol. The summed E-state index contributed by atoms with van der Waals surface area (Å²) in [5, 5.41) is 14.0. The molecule has 0 atom stereocenters. The van der Waals surface area contributed by atoms with Crippen LogP contribution >= 0.6 is 0 Å². The van der Waals surface area contributed by atoms with Gasteiger partial charge in [0.25, 0.3) is 0 Å². The molecule has 6 nitrogen and oxygen atoms in total. The van der Waals surface area contributed by atoms with Gasteiger partial charge >= 0.3 is 6.01 Å². The van der Waals surface area contributed by atoms with Gasteiger partial charge in [0.05, 0.1) is 12.8 Å². The molecule has 1 heterocycles. The van der Waals surface area contributed by atoms with Crippen molar-refractivity contribution in [2.45, 2.75) is 13.3 Å². The Morgan fingerprint density at radius 3 is 2.96 bits per heavy atom. The molecule has 23 heavy (non-hydrogen) atoms. The van der Waals surface area contributed by atoms with Crippen molar-refractivity contribution in [3.8, 4) is 11.5 Å². The first-order chi connectivity index (χ1) is 11.3. The number of hydrazone groups is 1. The van der Waals surface area contributed by atoms with Crippen LogP contribution in [0.25, 0.3) is 11.1 Å². The number of fused-ring (bicyclic) bond motifs is 1. The third-order valence-corrected chi connectivity index (χ3v) is 3.13. The molecule has 1 aromatic heterocycles. The first-order valence-corrected chi connectivity index (χ1v) is 7.36. The number of rotatable bonds is 6. The number of aromatic nitrogens is 1. The predicted molar refractivity (Wildman–Crippen MR) is 89.1 cm³/mol. The van der Waals surface area contributed by atoms with Gasteiger partial charge < -0.3 is 14.3 Å². The standard InChI is InChI=1S/C17H17N3O3/c1-2-9-22-13-8-7-12(15(21)10-13)11-18-20-17-19-14-5-3-4-6-16(14)23-17/h3-8,10-11,21H,2,9H2,1H3,(H,19,20). The van der Waals surface area contributed by atoms with E-state index in [-0.39, 0.29) is 5.75 Å². The van der Waals surface area contributed by atoms with Crippen LogP contribution in [0, 0.1) is 0 Å². The van der Waals surface area contributed by atoms with E-state index in [2.05, 4.69) is 15.5 Å². The van der Waals surface area contributed by atoms with E-state index >= 15 is 0 Å². The van der Waals surface area contributed by atoms with Crippen molar-refractivity contribution in [2.75, 3.05) is 12.0 Å². The van der Waals surface area contributed by atoms with E-state index in [9.17, 15) is 5.11 Å². The normalized spacial score (nSPS) is 11.2. The molecule has 0 amide bonds. The molecule has 118 valence electrons. The summed E-state index contributed by atoms with van der Waals surface area (Å²) in [4.78, 5) is 4.24. The molecule has 0 spiro atoms. The third-order valence-electron chi connectivity index (χ3n) is 3.13. The summed E-state index contributed by atoms with van der Waals surface area (Å²) >= 11 is 0. The monoisotopic (exact) mass is 311 g/mol. The highest BCUT2D eigenvalue weighted by Gasteiger charge is 2.04. The zero-order valence-electron chi connectivity index (χ0n) is 12.7. The van der Waals surface area contributed by atoms with Crippen LogP contribution in [-0.2, 0) is 0 Å². The highest BCUT2D eigenvalue weighted by Crippen LogP contribution is 2.23. The Kier molecular flexibility index (Phi) is 4.42. The molecule has 2 N–H and O–H groups in total. The first kappa shape index (κ1) is 14.9. The van der Waals surface area contributed by atoms with E-state index in [4.69, 9.17) is 9.15 Å². The van der Waals surface area contributed by atoms with Crippen molar-refractivity contribution in [3.63, 3.8) is 0 Å². The lowest BCUT2D eigenvalue weighted by Crippen LogP contribution is -1.96. The Morgan fingerprint density at radius 2 is 2.17 bits per heavy atom. The summed E-state index contributed by atoms with van der Waals surface area (Å²) in [5.74, 6) is 0.732. The predicted octanol–water partition coefficient (Wildman–Crippen LogP) is 3.77. The molecule has 0 unspecified atom stereocenters. The van der Waals surface area contributed by atoms with E-state index in [0.29, 0.717) is 29.5 Å². The summed E-state index contributed by atoms with van der Waals surface area (Å²) in [6, 6.07) is 12.8. The minimum Gasteiger partial charge on any atom is -0.507 e. The Morgan fingerprint density at radius 1 is 1.30 bits per heavy atom. The Balaban J connectivity index is 1.67. The number of para-hydroxylation sites is 2. The number of oxazole rings is 1. The number of phenols is 1. The fourth-order valence-corrected chi connectivity index (χ4v) is 2.02. The molecule has 0 saturated carbocycles. The molecule has 0 aliphatic carbocycles. The van der Waals surface area contributed by atoms with Gasteiger partial charge in [-0.2, -0.15) is 10.1 Å². The van der Waals surface area contributed by atoms with Crippen molar-refractivity contribution in [1.82, 2.24) is 4.98 Å². The van der Waals surface area contributed by atoms with Crippen LogP contribution in [-0.4, -0.2) is 22.9 Å². The van der Waals surface area contributed by atoms with Crippen molar-refractivity contribution >= 4 is 23.3 Å². The highest BCUT2D eigenvalue weighted by molar-refractivity contribution is 5.84. The molecule has 0 saturated heterocycles. The molecule has 2 aromatic carbocycles. The zero-order valence-corrected chi connectivity index (χ0v) is 12.7. The van der Waals surface area contributed by atoms with Crippen LogP contribution in [0.1, 0.15) is 18.9 Å². The van der Waals surface area contributed by atoms with Crippen LogP contribution in [0.15, 0.2) is 52.0 Å². The summed E-state index contributed by atoms with van der Waals surface area (Å²) in [6.07, 6.45) is 2.41. The van der Waals surface area contributed by atoms with Crippen LogP contribution in [0.3, 0.4) is 0 Å². The molecule has 0 aliphatic rings. The van der Waals surface area contributed by atoms with Gasteiger partial charge in [-0.1, -0.05) is 19.1 Å². The fraction of sp³-hybridized carbons (Fsp3) is 0.176. The smallest absolute Gasteiger partial charge is 0.316 e. The van der Waals surface area contributed by atoms with Crippen molar-refractivity contribution < 1.29 is 14.3 Å². The maximum atomic E-state index is 9.96. The maximum Gasteiger partial charge on any atom is 0.316 e. The zero-order chi connectivity index (χ0) is 16.1. The molecule has 3 aromatic rings. The second-order valence-corrected chi connectivity index (χ2v) is 4.93. The Bertz CT molecular complexity index is 794. The number of nitrogens with zero attached hydrogens (tertiary/aromatic N) is 2. The number of hydrogen-bond donors (Lipinski definition) is 2. The number of phenolic OH excluding ortho intramolecular Hbond substituents is 1. The van der Waals surface area contributed by atoms with Gasteiger partial charge in [0.2, 0.25) is 0 Å². The molecule has 3 rings (SSSR count). The number of nitrogens with one attached hydrogen (secondary N) is 1. The number of aromatic hydroxyl groups is 1. The average molecular weight is 311 g/mol. The van der Waals surface area contributed by atoms with Gasteiger partial charge in [-0.3, -0.25) is 0 Å². The summed E-state index contributed by atoms with van der Waals surface area (Å²) in [7, 11) is 0. The van der Waals surface area contributed by atoms with Gasteiger partial charge in [-0.05, 0) is 30.7 Å². The SMILES string of the molecule is CCCOc1ccc(C=NNc2nc3ccccc3o2)c(O)c1. The van der Waals surface area contributed by atoms with Crippen LogP contribution in [0.2, 0.25) is 0 Å². The largest absolute Gasteiger partial charge is 0.507 e. The topological polar surface area (TPSA) is 79.9 Å². The second kappa shape index (κ2) is 6.83. The van der Waals surface area contributed by atoms with Gasteiger partial charge in [0, 0.05) is 11.6 Å². The average Bonchev–Trinajstić information content (AvgIpc) is 2.97. The molecule has 0 bridgehead atoms. The second-order valence-electron chi connectivity index (χ2n) is 4.93. The van der Waals surface area contributed by atoms with Crippen LogP contribution in [0.5, 0.6) is 11.5 Å². The minimum absolute atomic E-state index is 0.0988. The minimum atomic E-state index is 0.0988. The summed E-state index contributed by atoms with van der Waals surface area (Å²) < 4.78 is 10.9. The van der Waals surface area contributed by atoms with Crippen molar-refractivity contribution in [2.24, 2.45) is 5.10 Å². The number of hydrogen-bond acceptors (Lipinski definition) is 6. The lowest BCUT2D eigenvalue weighted by atomic mass is 10.2. The summed E-state index contributed by atoms with van der Waals surface area (Å²) in [5.41, 5.74) is 4.72. The highest BCUT2D eigenvalue weighted by atomic mass is 16.5. The van der Waals surface area contributed by atoms with E-state index in [1.54, 1.807) is 18.2 Å². The lowest BCUT2D eigenvalue weighted by molar-refractivity contribution is 0.315. The Labute approximate surface area is 133 Å². The van der Waals surface area contributed by atoms with Gasteiger partial charge in [-0.25, -0.2) is 5.43 Å².